The third-order valence-corrected chi connectivity index (χ3v) is 6.34. The number of ether oxygens (including phenoxy) is 2. The van der Waals surface area contributed by atoms with Crippen molar-refractivity contribution >= 4 is 27.5 Å². The van der Waals surface area contributed by atoms with Crippen LogP contribution in [0.3, 0.4) is 0 Å². The van der Waals surface area contributed by atoms with Gasteiger partial charge in [-0.25, -0.2) is 4.98 Å². The molecule has 0 aliphatic rings. The number of benzene rings is 2. The van der Waals surface area contributed by atoms with Gasteiger partial charge in [-0.15, -0.1) is 11.3 Å². The molecule has 2 aromatic carbocycles. The van der Waals surface area contributed by atoms with Crippen molar-refractivity contribution in [3.05, 3.63) is 89.1 Å². The molecule has 0 amide bonds. The number of carbonyl (C=O) groups is 1. The summed E-state index contributed by atoms with van der Waals surface area (Å²) in [7, 11) is 1.61. The average molecular weight is 474 g/mol. The summed E-state index contributed by atoms with van der Waals surface area (Å²) >= 11 is 1.33. The van der Waals surface area contributed by atoms with Crippen LogP contribution in [0.25, 0.3) is 32.0 Å². The first-order valence-electron chi connectivity index (χ1n) is 10.4. The first kappa shape index (κ1) is 21.6. The van der Waals surface area contributed by atoms with Crippen molar-refractivity contribution in [1.82, 2.24) is 14.7 Å². The molecule has 0 radical (unpaired) electrons. The highest BCUT2D eigenvalue weighted by molar-refractivity contribution is 7.22. The first-order chi connectivity index (χ1) is 16.6. The molecule has 170 valence electrons. The van der Waals surface area contributed by atoms with Crippen LogP contribution in [0.15, 0.2) is 82.4 Å². The highest BCUT2D eigenvalue weighted by atomic mass is 32.1. The van der Waals surface area contributed by atoms with Crippen LogP contribution in [0.2, 0.25) is 0 Å². The second-order valence-corrected chi connectivity index (χ2v) is 8.49. The summed E-state index contributed by atoms with van der Waals surface area (Å²) in [5.41, 5.74) is 2.61. The second-order valence-electron chi connectivity index (χ2n) is 7.44. The van der Waals surface area contributed by atoms with E-state index < -0.39 is 5.97 Å². The molecule has 0 unspecified atom stereocenters. The molecule has 34 heavy (non-hydrogen) atoms. The molecule has 9 heteroatoms. The summed E-state index contributed by atoms with van der Waals surface area (Å²) < 4.78 is 17.5. The van der Waals surface area contributed by atoms with E-state index in [-0.39, 0.29) is 18.7 Å². The second kappa shape index (κ2) is 9.32. The third kappa shape index (κ3) is 4.46. The molecular weight excluding hydrogens is 454 g/mol. The Hall–Kier alpha value is -4.24. The highest BCUT2D eigenvalue weighted by Crippen LogP contribution is 2.31. The number of rotatable bonds is 7. The fourth-order valence-electron chi connectivity index (χ4n) is 3.41. The van der Waals surface area contributed by atoms with Crippen molar-refractivity contribution in [2.75, 3.05) is 7.11 Å². The maximum Gasteiger partial charge on any atom is 0.326 e. The number of hydrogen-bond acceptors (Lipinski definition) is 8. The van der Waals surface area contributed by atoms with Gasteiger partial charge >= 0.3 is 5.97 Å². The zero-order chi connectivity index (χ0) is 23.5. The highest BCUT2D eigenvalue weighted by Gasteiger charge is 2.14. The van der Waals surface area contributed by atoms with E-state index in [9.17, 15) is 9.59 Å². The van der Waals surface area contributed by atoms with Crippen LogP contribution in [0, 0.1) is 0 Å². The molecule has 8 nitrogen and oxygen atoms in total. The Balaban J connectivity index is 1.27. The summed E-state index contributed by atoms with van der Waals surface area (Å²) in [4.78, 5) is 30.5. The van der Waals surface area contributed by atoms with Crippen LogP contribution in [0.5, 0.6) is 5.75 Å². The van der Waals surface area contributed by atoms with Gasteiger partial charge in [-0.2, -0.15) is 0 Å². The largest absolute Gasteiger partial charge is 0.497 e. The molecular formula is C25H19N3O5S. The molecule has 0 aliphatic heterocycles. The van der Waals surface area contributed by atoms with Crippen LogP contribution in [-0.2, 0) is 22.7 Å². The van der Waals surface area contributed by atoms with Gasteiger partial charge in [0.05, 0.1) is 19.0 Å². The molecule has 0 atom stereocenters. The molecule has 0 N–H and O–H groups in total. The van der Waals surface area contributed by atoms with E-state index in [4.69, 9.17) is 14.0 Å². The molecule has 0 bridgehead atoms. The van der Waals surface area contributed by atoms with E-state index >= 15 is 0 Å². The van der Waals surface area contributed by atoms with Crippen LogP contribution in [0.4, 0.5) is 0 Å². The lowest BCUT2D eigenvalue weighted by Gasteiger charge is -2.05. The van der Waals surface area contributed by atoms with Crippen molar-refractivity contribution in [2.24, 2.45) is 0 Å². The molecule has 0 aliphatic carbocycles. The Labute approximate surface area is 198 Å². The zero-order valence-electron chi connectivity index (χ0n) is 18.1. The topological polar surface area (TPSA) is 96.5 Å². The van der Waals surface area contributed by atoms with Gasteiger partial charge in [0, 0.05) is 16.5 Å². The predicted octanol–water partition coefficient (Wildman–Crippen LogP) is 4.53. The fraction of sp³-hybridized carbons (Fsp3) is 0.120. The average Bonchev–Trinajstić information content (AvgIpc) is 3.53. The van der Waals surface area contributed by atoms with E-state index in [0.717, 1.165) is 21.8 Å². The minimum absolute atomic E-state index is 0.0553. The SMILES string of the molecule is COc1ccc(-c2cc3ncn(CC(=O)OCc4cc(-c5ccccc5)on4)c(=O)c3s2)cc1. The number of aromatic nitrogens is 3. The van der Waals surface area contributed by atoms with Crippen LogP contribution >= 0.6 is 11.3 Å². The van der Waals surface area contributed by atoms with Gasteiger partial charge in [-0.1, -0.05) is 35.5 Å². The summed E-state index contributed by atoms with van der Waals surface area (Å²) in [5.74, 6) is 0.771. The van der Waals surface area contributed by atoms with Crippen molar-refractivity contribution in [3.8, 4) is 27.5 Å². The van der Waals surface area contributed by atoms with E-state index in [0.29, 0.717) is 21.7 Å². The molecule has 0 saturated carbocycles. The first-order valence-corrected chi connectivity index (χ1v) is 11.2. The minimum Gasteiger partial charge on any atom is -0.497 e. The van der Waals surface area contributed by atoms with Gasteiger partial charge in [0.25, 0.3) is 5.56 Å². The van der Waals surface area contributed by atoms with Crippen molar-refractivity contribution in [1.29, 1.82) is 0 Å². The van der Waals surface area contributed by atoms with Crippen molar-refractivity contribution in [2.45, 2.75) is 13.2 Å². The molecule has 5 aromatic rings. The molecule has 0 fully saturated rings. The normalized spacial score (nSPS) is 11.0. The minimum atomic E-state index is -0.570. The molecule has 3 aromatic heterocycles. The lowest BCUT2D eigenvalue weighted by molar-refractivity contribution is -0.145. The molecule has 3 heterocycles. The summed E-state index contributed by atoms with van der Waals surface area (Å²) in [6, 6.07) is 20.6. The number of fused-ring (bicyclic) bond motifs is 1. The number of thiophene rings is 1. The third-order valence-electron chi connectivity index (χ3n) is 5.18. The number of carbonyl (C=O) groups excluding carboxylic acids is 1. The van der Waals surface area contributed by atoms with Crippen LogP contribution < -0.4 is 10.3 Å². The van der Waals surface area contributed by atoms with Crippen molar-refractivity contribution < 1.29 is 18.8 Å². The van der Waals surface area contributed by atoms with Crippen LogP contribution in [-0.4, -0.2) is 27.8 Å². The smallest absolute Gasteiger partial charge is 0.326 e. The molecule has 0 spiro atoms. The lowest BCUT2D eigenvalue weighted by atomic mass is 10.2. The molecule has 0 saturated heterocycles. The Bertz CT molecular complexity index is 1500. The molecule has 5 rings (SSSR count). The van der Waals surface area contributed by atoms with Gasteiger partial charge in [0.1, 0.15) is 29.3 Å². The summed E-state index contributed by atoms with van der Waals surface area (Å²) in [5, 5.41) is 3.93. The number of methoxy groups -OCH3 is 1. The van der Waals surface area contributed by atoms with E-state index in [1.807, 2.05) is 60.7 Å². The van der Waals surface area contributed by atoms with E-state index in [2.05, 4.69) is 10.1 Å². The quantitative estimate of drug-likeness (QED) is 0.320. The zero-order valence-corrected chi connectivity index (χ0v) is 19.0. The van der Waals surface area contributed by atoms with Crippen molar-refractivity contribution in [3.63, 3.8) is 0 Å². The Morgan fingerprint density at radius 2 is 1.85 bits per heavy atom. The predicted molar refractivity (Wildman–Crippen MR) is 128 cm³/mol. The lowest BCUT2D eigenvalue weighted by Crippen LogP contribution is -2.25. The van der Waals surface area contributed by atoms with Gasteiger partial charge in [-0.05, 0) is 35.9 Å². The number of hydrogen-bond donors (Lipinski definition) is 0. The Kier molecular flexibility index (Phi) is 5.92. The van der Waals surface area contributed by atoms with Gasteiger partial charge in [0.2, 0.25) is 0 Å². The fourth-order valence-corrected chi connectivity index (χ4v) is 4.48. The standard InChI is InChI=1S/C25H19N3O5S/c1-31-19-9-7-17(8-10-19)22-12-20-24(34-22)25(30)28(15-26-20)13-23(29)32-14-18-11-21(33-27-18)16-5-3-2-4-6-16/h2-12,15H,13-14H2,1H3. The maximum absolute atomic E-state index is 12.9. The van der Waals surface area contributed by atoms with Gasteiger partial charge in [-0.3, -0.25) is 14.2 Å². The maximum atomic E-state index is 12.9. The van der Waals surface area contributed by atoms with E-state index in [1.54, 1.807) is 13.2 Å². The number of esters is 1. The monoisotopic (exact) mass is 473 g/mol. The Morgan fingerprint density at radius 1 is 1.06 bits per heavy atom. The van der Waals surface area contributed by atoms with Gasteiger partial charge < -0.3 is 14.0 Å². The number of nitrogens with zero attached hydrogens (tertiary/aromatic N) is 3. The van der Waals surface area contributed by atoms with Crippen LogP contribution in [0.1, 0.15) is 5.69 Å². The van der Waals surface area contributed by atoms with Gasteiger partial charge in [0.15, 0.2) is 5.76 Å². The van der Waals surface area contributed by atoms with E-state index in [1.165, 1.54) is 22.2 Å². The summed E-state index contributed by atoms with van der Waals surface area (Å²) in [6.07, 6.45) is 1.36. The Morgan fingerprint density at radius 3 is 2.62 bits per heavy atom. The summed E-state index contributed by atoms with van der Waals surface area (Å²) in [6.45, 7) is -0.304.